The molecule has 90 valence electrons. The minimum absolute atomic E-state index is 0.318. The van der Waals surface area contributed by atoms with E-state index in [4.69, 9.17) is 0 Å². The Bertz CT molecular complexity index is 165. The van der Waals surface area contributed by atoms with Crippen LogP contribution in [0.25, 0.3) is 0 Å². The van der Waals surface area contributed by atoms with Crippen LogP contribution in [0.5, 0.6) is 0 Å². The van der Waals surface area contributed by atoms with Crippen LogP contribution in [-0.4, -0.2) is 36.6 Å². The van der Waals surface area contributed by atoms with Gasteiger partial charge in [0.2, 0.25) is 0 Å². The molecular weight excluding hydrogens is 190 g/mol. The summed E-state index contributed by atoms with van der Waals surface area (Å²) in [5.74, 6) is 0. The Kier molecular flexibility index (Phi) is 6.57. The molecule has 1 atom stereocenters. The number of hydrogen-bond acceptors (Lipinski definition) is 3. The third kappa shape index (κ3) is 8.43. The molecule has 1 aliphatic rings. The van der Waals surface area contributed by atoms with E-state index in [0.717, 1.165) is 6.04 Å². The molecule has 0 aliphatic carbocycles. The third-order valence-corrected chi connectivity index (χ3v) is 2.54. The molecule has 1 heterocycles. The molecule has 15 heavy (non-hydrogen) atoms. The van der Waals surface area contributed by atoms with Crippen molar-refractivity contribution in [3.8, 4) is 0 Å². The first-order valence-electron chi connectivity index (χ1n) is 5.68. The lowest BCUT2D eigenvalue weighted by atomic mass is 10.1. The average Bonchev–Trinajstić information content (AvgIpc) is 2.09. The quantitative estimate of drug-likeness (QED) is 0.629. The second-order valence-corrected chi connectivity index (χ2v) is 5.15. The highest BCUT2D eigenvalue weighted by atomic mass is 16.5. The molecule has 1 unspecified atom stereocenters. The van der Waals surface area contributed by atoms with Gasteiger partial charge in [0.15, 0.2) is 0 Å². The summed E-state index contributed by atoms with van der Waals surface area (Å²) >= 11 is 0. The summed E-state index contributed by atoms with van der Waals surface area (Å²) in [4.78, 5) is 12.0. The number of carbonyl (C=O) groups excluding carboxylic acids is 1. The topological polar surface area (TPSA) is 29.5 Å². The SMILES string of the molecule is CC(C)(C)OC=O.CC1CCCCN1C. The summed E-state index contributed by atoms with van der Waals surface area (Å²) in [6.45, 7) is 9.53. The molecule has 0 N–H and O–H groups in total. The van der Waals surface area contributed by atoms with Gasteiger partial charge in [-0.05, 0) is 54.1 Å². The summed E-state index contributed by atoms with van der Waals surface area (Å²) < 4.78 is 4.55. The molecule has 0 aromatic heterocycles. The van der Waals surface area contributed by atoms with Crippen molar-refractivity contribution >= 4 is 6.47 Å². The molecule has 0 bridgehead atoms. The predicted octanol–water partition coefficient (Wildman–Crippen LogP) is 2.45. The zero-order valence-corrected chi connectivity index (χ0v) is 10.7. The third-order valence-electron chi connectivity index (χ3n) is 2.54. The Hall–Kier alpha value is -0.570. The zero-order valence-electron chi connectivity index (χ0n) is 10.7. The van der Waals surface area contributed by atoms with Gasteiger partial charge in [-0.1, -0.05) is 6.42 Å². The molecule has 0 aromatic carbocycles. The molecule has 1 fully saturated rings. The normalized spacial score (nSPS) is 22.6. The highest BCUT2D eigenvalue weighted by Gasteiger charge is 2.12. The van der Waals surface area contributed by atoms with E-state index in [1.165, 1.54) is 25.8 Å². The van der Waals surface area contributed by atoms with Gasteiger partial charge in [-0.3, -0.25) is 4.79 Å². The van der Waals surface area contributed by atoms with Crippen LogP contribution in [0.1, 0.15) is 47.0 Å². The highest BCUT2D eigenvalue weighted by molar-refractivity contribution is 5.37. The van der Waals surface area contributed by atoms with Gasteiger partial charge in [0.1, 0.15) is 5.60 Å². The largest absolute Gasteiger partial charge is 0.462 e. The van der Waals surface area contributed by atoms with Crippen LogP contribution in [0.15, 0.2) is 0 Å². The van der Waals surface area contributed by atoms with Crippen LogP contribution in [0.2, 0.25) is 0 Å². The number of likely N-dealkylation sites (tertiary alicyclic amines) is 1. The molecule has 0 spiro atoms. The minimum Gasteiger partial charge on any atom is -0.462 e. The molecule has 0 saturated carbocycles. The second kappa shape index (κ2) is 6.83. The fourth-order valence-corrected chi connectivity index (χ4v) is 1.39. The minimum atomic E-state index is -0.318. The number of hydrogen-bond donors (Lipinski definition) is 0. The van der Waals surface area contributed by atoms with Crippen molar-refractivity contribution in [3.05, 3.63) is 0 Å². The van der Waals surface area contributed by atoms with Crippen molar-refractivity contribution in [2.45, 2.75) is 58.6 Å². The van der Waals surface area contributed by atoms with E-state index in [0.29, 0.717) is 6.47 Å². The molecule has 0 amide bonds. The molecule has 1 aliphatic heterocycles. The average molecular weight is 215 g/mol. The van der Waals surface area contributed by atoms with Gasteiger partial charge in [0.05, 0.1) is 0 Å². The number of piperidine rings is 1. The molecule has 3 heteroatoms. The van der Waals surface area contributed by atoms with E-state index in [2.05, 4.69) is 23.6 Å². The molecule has 1 saturated heterocycles. The maximum absolute atomic E-state index is 9.60. The molecule has 3 nitrogen and oxygen atoms in total. The van der Waals surface area contributed by atoms with Crippen molar-refractivity contribution < 1.29 is 9.53 Å². The summed E-state index contributed by atoms with van der Waals surface area (Å²) in [5.41, 5.74) is -0.318. The number of nitrogens with zero attached hydrogens (tertiary/aromatic N) is 1. The highest BCUT2D eigenvalue weighted by Crippen LogP contribution is 2.13. The van der Waals surface area contributed by atoms with E-state index in [-0.39, 0.29) is 5.60 Å². The van der Waals surface area contributed by atoms with E-state index in [1.807, 2.05) is 20.8 Å². The van der Waals surface area contributed by atoms with Crippen LogP contribution >= 0.6 is 0 Å². The van der Waals surface area contributed by atoms with Gasteiger partial charge in [-0.2, -0.15) is 0 Å². The van der Waals surface area contributed by atoms with Crippen LogP contribution in [0, 0.1) is 0 Å². The Balaban J connectivity index is 0.000000265. The molecule has 0 aromatic rings. The Labute approximate surface area is 93.8 Å². The molecular formula is C12H25NO2. The first kappa shape index (κ1) is 14.4. The maximum Gasteiger partial charge on any atom is 0.293 e. The van der Waals surface area contributed by atoms with Gasteiger partial charge < -0.3 is 9.64 Å². The van der Waals surface area contributed by atoms with Gasteiger partial charge >= 0.3 is 0 Å². The number of carbonyl (C=O) groups is 1. The standard InChI is InChI=1S/C7H15N.C5H10O2/c1-7-5-3-4-6-8(7)2;1-5(2,3)7-4-6/h7H,3-6H2,1-2H3;4H,1-3H3. The van der Waals surface area contributed by atoms with Crippen LogP contribution in [-0.2, 0) is 9.53 Å². The molecule has 0 radical (unpaired) electrons. The lowest BCUT2D eigenvalue weighted by Gasteiger charge is -2.29. The second-order valence-electron chi connectivity index (χ2n) is 5.15. The first-order valence-corrected chi connectivity index (χ1v) is 5.68. The number of ether oxygens (including phenoxy) is 1. The van der Waals surface area contributed by atoms with Gasteiger partial charge in [-0.15, -0.1) is 0 Å². The fourth-order valence-electron chi connectivity index (χ4n) is 1.39. The van der Waals surface area contributed by atoms with Gasteiger partial charge in [0, 0.05) is 6.04 Å². The van der Waals surface area contributed by atoms with Crippen molar-refractivity contribution in [3.63, 3.8) is 0 Å². The van der Waals surface area contributed by atoms with Crippen molar-refractivity contribution in [2.75, 3.05) is 13.6 Å². The molecule has 1 rings (SSSR count). The lowest BCUT2D eigenvalue weighted by Crippen LogP contribution is -2.33. The van der Waals surface area contributed by atoms with Crippen molar-refractivity contribution in [1.29, 1.82) is 0 Å². The van der Waals surface area contributed by atoms with E-state index >= 15 is 0 Å². The van der Waals surface area contributed by atoms with E-state index in [9.17, 15) is 4.79 Å². The fraction of sp³-hybridized carbons (Fsp3) is 0.917. The van der Waals surface area contributed by atoms with Crippen molar-refractivity contribution in [2.24, 2.45) is 0 Å². The monoisotopic (exact) mass is 215 g/mol. The van der Waals surface area contributed by atoms with E-state index < -0.39 is 0 Å². The van der Waals surface area contributed by atoms with Crippen LogP contribution in [0.4, 0.5) is 0 Å². The van der Waals surface area contributed by atoms with Crippen LogP contribution in [0.3, 0.4) is 0 Å². The van der Waals surface area contributed by atoms with Gasteiger partial charge in [-0.25, -0.2) is 0 Å². The van der Waals surface area contributed by atoms with Crippen molar-refractivity contribution in [1.82, 2.24) is 4.90 Å². The Morgan fingerprint density at radius 3 is 2.13 bits per heavy atom. The van der Waals surface area contributed by atoms with E-state index in [1.54, 1.807) is 0 Å². The zero-order chi connectivity index (χ0) is 11.9. The number of rotatable bonds is 1. The summed E-state index contributed by atoms with van der Waals surface area (Å²) in [5, 5.41) is 0. The predicted molar refractivity (Wildman–Crippen MR) is 62.8 cm³/mol. The van der Waals surface area contributed by atoms with Gasteiger partial charge in [0.25, 0.3) is 6.47 Å². The Morgan fingerprint density at radius 2 is 1.93 bits per heavy atom. The maximum atomic E-state index is 9.60. The van der Waals surface area contributed by atoms with Crippen LogP contribution < -0.4 is 0 Å². The summed E-state index contributed by atoms with van der Waals surface area (Å²) in [7, 11) is 2.21. The lowest BCUT2D eigenvalue weighted by molar-refractivity contribution is -0.138. The summed E-state index contributed by atoms with van der Waals surface area (Å²) in [6.07, 6.45) is 4.24. The first-order chi connectivity index (χ1) is 6.87. The Morgan fingerprint density at radius 1 is 1.33 bits per heavy atom. The smallest absolute Gasteiger partial charge is 0.293 e. The summed E-state index contributed by atoms with van der Waals surface area (Å²) in [6, 6.07) is 0.837.